The summed E-state index contributed by atoms with van der Waals surface area (Å²) in [6.45, 7) is 9.40. The lowest BCUT2D eigenvalue weighted by molar-refractivity contribution is 0.660. The molecule has 0 saturated carbocycles. The molecule has 11 rings (SSSR count). The molecule has 298 valence electrons. The highest BCUT2D eigenvalue weighted by molar-refractivity contribution is 5.88. The summed E-state index contributed by atoms with van der Waals surface area (Å²) in [5, 5.41) is 0. The van der Waals surface area contributed by atoms with E-state index in [0.717, 1.165) is 34.1 Å². The molecule has 2 nitrogen and oxygen atoms in total. The van der Waals surface area contributed by atoms with Gasteiger partial charge in [0.25, 0.3) is 0 Å². The fraction of sp³-hybridized carbons (Fsp3) is 0.100. The van der Waals surface area contributed by atoms with E-state index in [-0.39, 0.29) is 10.8 Å². The highest BCUT2D eigenvalue weighted by Crippen LogP contribution is 2.52. The molecule has 0 atom stereocenters. The Morgan fingerprint density at radius 3 is 1.00 bits per heavy atom. The third kappa shape index (κ3) is 6.17. The molecule has 0 fully saturated rings. The van der Waals surface area contributed by atoms with Crippen molar-refractivity contribution in [1.29, 1.82) is 0 Å². The summed E-state index contributed by atoms with van der Waals surface area (Å²) in [6.07, 6.45) is 0. The van der Waals surface area contributed by atoms with Gasteiger partial charge in [0.15, 0.2) is 0 Å². The molecule has 0 amide bonds. The number of rotatable bonds is 8. The van der Waals surface area contributed by atoms with E-state index in [4.69, 9.17) is 0 Å². The van der Waals surface area contributed by atoms with E-state index >= 15 is 0 Å². The molecule has 2 aliphatic rings. The van der Waals surface area contributed by atoms with Crippen LogP contribution in [0.4, 0.5) is 34.1 Å². The molecular weight excluding hydrogens is 749 g/mol. The lowest BCUT2D eigenvalue weighted by Gasteiger charge is -2.28. The summed E-state index contributed by atoms with van der Waals surface area (Å²) >= 11 is 0. The van der Waals surface area contributed by atoms with Crippen molar-refractivity contribution in [2.24, 2.45) is 0 Å². The fourth-order valence-corrected chi connectivity index (χ4v) is 10.2. The Kier molecular flexibility index (Phi) is 8.87. The summed E-state index contributed by atoms with van der Waals surface area (Å²) in [5.74, 6) is 0. The van der Waals surface area contributed by atoms with Crippen LogP contribution in [0.5, 0.6) is 0 Å². The fourth-order valence-electron chi connectivity index (χ4n) is 10.2. The first-order chi connectivity index (χ1) is 30.3. The minimum absolute atomic E-state index is 0.0841. The predicted molar refractivity (Wildman–Crippen MR) is 262 cm³/mol. The number of hydrogen-bond donors (Lipinski definition) is 0. The Balaban J connectivity index is 0.925. The summed E-state index contributed by atoms with van der Waals surface area (Å²) < 4.78 is 0. The molecule has 0 saturated heterocycles. The van der Waals surface area contributed by atoms with Gasteiger partial charge >= 0.3 is 0 Å². The molecule has 0 heterocycles. The molecule has 0 N–H and O–H groups in total. The van der Waals surface area contributed by atoms with E-state index in [2.05, 4.69) is 256 Å². The number of nitrogens with zero attached hydrogens (tertiary/aromatic N) is 2. The van der Waals surface area contributed by atoms with Crippen molar-refractivity contribution in [3.63, 3.8) is 0 Å². The van der Waals surface area contributed by atoms with Gasteiger partial charge in [-0.2, -0.15) is 0 Å². The normalized spacial score (nSPS) is 13.7. The van der Waals surface area contributed by atoms with Crippen molar-refractivity contribution in [2.75, 3.05) is 9.80 Å². The third-order valence-electron chi connectivity index (χ3n) is 13.4. The molecule has 0 spiro atoms. The Labute approximate surface area is 366 Å². The molecule has 9 aromatic carbocycles. The minimum atomic E-state index is -0.0841. The quantitative estimate of drug-likeness (QED) is 0.151. The Hall–Kier alpha value is -7.42. The molecule has 62 heavy (non-hydrogen) atoms. The van der Waals surface area contributed by atoms with Crippen LogP contribution in [0.3, 0.4) is 0 Å². The van der Waals surface area contributed by atoms with Crippen LogP contribution in [0.2, 0.25) is 0 Å². The second-order valence-corrected chi connectivity index (χ2v) is 17.8. The van der Waals surface area contributed by atoms with Crippen LogP contribution in [-0.2, 0) is 10.8 Å². The minimum Gasteiger partial charge on any atom is -0.310 e. The van der Waals surface area contributed by atoms with Gasteiger partial charge in [0, 0.05) is 45.0 Å². The van der Waals surface area contributed by atoms with Crippen molar-refractivity contribution in [1.82, 2.24) is 0 Å². The van der Waals surface area contributed by atoms with Crippen molar-refractivity contribution in [3.8, 4) is 44.5 Å². The van der Waals surface area contributed by atoms with Crippen molar-refractivity contribution in [3.05, 3.63) is 241 Å². The van der Waals surface area contributed by atoms with Crippen LogP contribution in [-0.4, -0.2) is 0 Å². The number of benzene rings is 9. The third-order valence-corrected chi connectivity index (χ3v) is 13.4. The van der Waals surface area contributed by atoms with Gasteiger partial charge < -0.3 is 9.80 Å². The van der Waals surface area contributed by atoms with Crippen molar-refractivity contribution in [2.45, 2.75) is 38.5 Å². The van der Waals surface area contributed by atoms with Gasteiger partial charge in [-0.05, 0) is 140 Å². The van der Waals surface area contributed by atoms with Gasteiger partial charge in [-0.25, -0.2) is 0 Å². The maximum absolute atomic E-state index is 2.40. The number of para-hydroxylation sites is 2. The Morgan fingerprint density at radius 1 is 0.242 bits per heavy atom. The van der Waals surface area contributed by atoms with Crippen LogP contribution >= 0.6 is 0 Å². The predicted octanol–water partition coefficient (Wildman–Crippen LogP) is 16.6. The first kappa shape index (κ1) is 37.6. The second kappa shape index (κ2) is 14.6. The average Bonchev–Trinajstić information content (AvgIpc) is 3.69. The molecular formula is C60H48N2. The van der Waals surface area contributed by atoms with E-state index in [1.165, 1.54) is 66.8 Å². The van der Waals surface area contributed by atoms with Gasteiger partial charge in [0.1, 0.15) is 0 Å². The molecule has 0 bridgehead atoms. The van der Waals surface area contributed by atoms with E-state index in [1.54, 1.807) is 0 Å². The monoisotopic (exact) mass is 796 g/mol. The van der Waals surface area contributed by atoms with E-state index in [0.29, 0.717) is 0 Å². The average molecular weight is 797 g/mol. The highest BCUT2D eigenvalue weighted by atomic mass is 15.1. The summed E-state index contributed by atoms with van der Waals surface area (Å²) in [5.41, 5.74) is 22.2. The number of fused-ring (bicyclic) bond motifs is 6. The van der Waals surface area contributed by atoms with Crippen LogP contribution in [0.1, 0.15) is 49.9 Å². The summed E-state index contributed by atoms with van der Waals surface area (Å²) in [7, 11) is 0. The molecule has 0 radical (unpaired) electrons. The van der Waals surface area contributed by atoms with Crippen LogP contribution in [0.15, 0.2) is 218 Å². The van der Waals surface area contributed by atoms with Gasteiger partial charge in [0.05, 0.1) is 0 Å². The molecule has 0 aliphatic heterocycles. The SMILES string of the molecule is CC1(C)c2ccccc2-c2ccc(N(c3ccccc3)c3cccc(-c4ccc(-c5cccc(N(c6ccccc6)c6ccc7c(c6)C(C)(C)c6ccccc6-7)c5)cc4)c3)cc21. The van der Waals surface area contributed by atoms with Gasteiger partial charge in [-0.3, -0.25) is 0 Å². The number of anilines is 6. The van der Waals surface area contributed by atoms with E-state index in [1.807, 2.05) is 0 Å². The summed E-state index contributed by atoms with van der Waals surface area (Å²) in [6, 6.07) is 80.1. The Bertz CT molecular complexity index is 2910. The van der Waals surface area contributed by atoms with Crippen molar-refractivity contribution < 1.29 is 0 Å². The van der Waals surface area contributed by atoms with Crippen LogP contribution in [0.25, 0.3) is 44.5 Å². The maximum Gasteiger partial charge on any atom is 0.0467 e. The van der Waals surface area contributed by atoms with E-state index < -0.39 is 0 Å². The first-order valence-corrected chi connectivity index (χ1v) is 21.8. The van der Waals surface area contributed by atoms with Crippen molar-refractivity contribution >= 4 is 34.1 Å². The molecule has 2 aliphatic carbocycles. The van der Waals surface area contributed by atoms with E-state index in [9.17, 15) is 0 Å². The smallest absolute Gasteiger partial charge is 0.0467 e. The lowest BCUT2D eigenvalue weighted by atomic mass is 9.82. The van der Waals surface area contributed by atoms with Crippen LogP contribution < -0.4 is 9.80 Å². The molecule has 2 heteroatoms. The lowest BCUT2D eigenvalue weighted by Crippen LogP contribution is -2.16. The number of hydrogen-bond acceptors (Lipinski definition) is 2. The van der Waals surface area contributed by atoms with Crippen LogP contribution in [0, 0.1) is 0 Å². The summed E-state index contributed by atoms with van der Waals surface area (Å²) in [4.78, 5) is 4.78. The molecule has 9 aromatic rings. The zero-order valence-corrected chi connectivity index (χ0v) is 35.7. The topological polar surface area (TPSA) is 6.48 Å². The zero-order valence-electron chi connectivity index (χ0n) is 35.7. The molecule has 0 unspecified atom stereocenters. The standard InChI is InChI=1S/C60H48N2/c1-59(2)55-27-13-11-25-51(55)53-35-33-49(39-57(53)59)61(45-19-7-5-8-20-45)47-23-15-17-43(37-47)41-29-31-42(32-30-41)44-18-16-24-48(38-44)62(46-21-9-6-10-22-46)50-34-36-54-52-26-12-14-28-56(52)60(3,4)58(54)40-50/h5-40H,1-4H3. The second-order valence-electron chi connectivity index (χ2n) is 17.8. The van der Waals surface area contributed by atoms with Gasteiger partial charge in [-0.15, -0.1) is 0 Å². The highest BCUT2D eigenvalue weighted by Gasteiger charge is 2.37. The Morgan fingerprint density at radius 2 is 0.581 bits per heavy atom. The van der Waals surface area contributed by atoms with Gasteiger partial charge in [0.2, 0.25) is 0 Å². The van der Waals surface area contributed by atoms with Gasteiger partial charge in [-0.1, -0.05) is 173 Å². The molecule has 0 aromatic heterocycles. The zero-order chi connectivity index (χ0) is 42.0. The largest absolute Gasteiger partial charge is 0.310 e. The maximum atomic E-state index is 2.40. The first-order valence-electron chi connectivity index (χ1n) is 21.8.